The first-order valence-electron chi connectivity index (χ1n) is 9.06. The van der Waals surface area contributed by atoms with E-state index in [1.807, 2.05) is 53.2 Å². The molecule has 7 nitrogen and oxygen atoms in total. The molecular formula is C20H19N7. The number of hydrogen-bond donors (Lipinski definition) is 0. The summed E-state index contributed by atoms with van der Waals surface area (Å²) in [7, 11) is 0. The van der Waals surface area contributed by atoms with E-state index >= 15 is 0 Å². The molecule has 1 aliphatic rings. The highest BCUT2D eigenvalue weighted by molar-refractivity contribution is 5.68. The first-order chi connectivity index (χ1) is 13.4. The minimum absolute atomic E-state index is 0.885. The van der Waals surface area contributed by atoms with Crippen molar-refractivity contribution in [2.45, 2.75) is 0 Å². The first kappa shape index (κ1) is 15.7. The van der Waals surface area contributed by atoms with Gasteiger partial charge in [0, 0.05) is 44.1 Å². The zero-order chi connectivity index (χ0) is 18.1. The Morgan fingerprint density at radius 2 is 1.56 bits per heavy atom. The molecule has 0 radical (unpaired) electrons. The number of nitrogens with zero attached hydrogens (tertiary/aromatic N) is 7. The summed E-state index contributed by atoms with van der Waals surface area (Å²) >= 11 is 0. The Morgan fingerprint density at radius 1 is 0.741 bits per heavy atom. The first-order valence-corrected chi connectivity index (χ1v) is 9.06. The summed E-state index contributed by atoms with van der Waals surface area (Å²) in [4.78, 5) is 9.14. The molecule has 0 spiro atoms. The van der Waals surface area contributed by atoms with E-state index in [9.17, 15) is 0 Å². The van der Waals surface area contributed by atoms with Crippen LogP contribution in [-0.4, -0.2) is 51.0 Å². The van der Waals surface area contributed by atoms with Gasteiger partial charge < -0.3 is 9.80 Å². The van der Waals surface area contributed by atoms with Gasteiger partial charge >= 0.3 is 0 Å². The third-order valence-corrected chi connectivity index (χ3v) is 4.93. The zero-order valence-electron chi connectivity index (χ0n) is 14.8. The Bertz CT molecular complexity index is 1030. The fraction of sp³-hybridized carbons (Fsp3) is 0.200. The summed E-state index contributed by atoms with van der Waals surface area (Å²) in [5.74, 6) is 1.91. The topological polar surface area (TPSA) is 62.5 Å². The fourth-order valence-electron chi connectivity index (χ4n) is 3.49. The SMILES string of the molecule is c1ccc(-c2ccc(N3CCN(c4nccn5nccc45)CC3)nn2)cc1. The van der Waals surface area contributed by atoms with Gasteiger partial charge in [0.25, 0.3) is 0 Å². The van der Waals surface area contributed by atoms with Crippen LogP contribution in [0.4, 0.5) is 11.6 Å². The van der Waals surface area contributed by atoms with Crippen LogP contribution < -0.4 is 9.80 Å². The van der Waals surface area contributed by atoms with Gasteiger partial charge in [-0.25, -0.2) is 9.50 Å². The molecule has 3 aromatic heterocycles. The van der Waals surface area contributed by atoms with E-state index in [0.717, 1.165) is 54.6 Å². The van der Waals surface area contributed by atoms with Crippen molar-refractivity contribution in [3.63, 3.8) is 0 Å². The van der Waals surface area contributed by atoms with Crippen molar-refractivity contribution < 1.29 is 0 Å². The number of aromatic nitrogens is 5. The van der Waals surface area contributed by atoms with Crippen LogP contribution in [0.2, 0.25) is 0 Å². The smallest absolute Gasteiger partial charge is 0.154 e. The Balaban J connectivity index is 1.30. The second-order valence-electron chi connectivity index (χ2n) is 6.53. The minimum Gasteiger partial charge on any atom is -0.352 e. The lowest BCUT2D eigenvalue weighted by atomic mass is 10.1. The van der Waals surface area contributed by atoms with E-state index < -0.39 is 0 Å². The molecule has 1 fully saturated rings. The van der Waals surface area contributed by atoms with Crippen LogP contribution in [0.25, 0.3) is 16.8 Å². The van der Waals surface area contributed by atoms with E-state index in [1.54, 1.807) is 12.4 Å². The van der Waals surface area contributed by atoms with Gasteiger partial charge in [-0.2, -0.15) is 5.10 Å². The Morgan fingerprint density at radius 3 is 2.33 bits per heavy atom. The number of hydrogen-bond acceptors (Lipinski definition) is 6. The summed E-state index contributed by atoms with van der Waals surface area (Å²) in [5, 5.41) is 13.1. The van der Waals surface area contributed by atoms with Crippen LogP contribution in [0.15, 0.2) is 67.1 Å². The highest BCUT2D eigenvalue weighted by Crippen LogP contribution is 2.22. The molecule has 0 unspecified atom stereocenters. The van der Waals surface area contributed by atoms with Crippen LogP contribution in [0, 0.1) is 0 Å². The van der Waals surface area contributed by atoms with Crippen LogP contribution in [0.5, 0.6) is 0 Å². The normalized spacial score (nSPS) is 14.7. The molecule has 0 aliphatic carbocycles. The lowest BCUT2D eigenvalue weighted by Crippen LogP contribution is -2.47. The molecule has 0 bridgehead atoms. The number of benzene rings is 1. The molecule has 134 valence electrons. The van der Waals surface area contributed by atoms with Crippen LogP contribution >= 0.6 is 0 Å². The molecular weight excluding hydrogens is 338 g/mol. The second kappa shape index (κ2) is 6.68. The van der Waals surface area contributed by atoms with Crippen molar-refractivity contribution in [2.75, 3.05) is 36.0 Å². The van der Waals surface area contributed by atoms with Crippen molar-refractivity contribution >= 4 is 17.2 Å². The van der Waals surface area contributed by atoms with Gasteiger partial charge in [0.05, 0.1) is 11.9 Å². The van der Waals surface area contributed by atoms with E-state index in [2.05, 4.69) is 36.1 Å². The average Bonchev–Trinajstić information content (AvgIpc) is 3.24. The molecule has 5 rings (SSSR count). The van der Waals surface area contributed by atoms with E-state index in [0.29, 0.717) is 0 Å². The largest absolute Gasteiger partial charge is 0.352 e. The van der Waals surface area contributed by atoms with Gasteiger partial charge in [0.2, 0.25) is 0 Å². The van der Waals surface area contributed by atoms with E-state index in [-0.39, 0.29) is 0 Å². The van der Waals surface area contributed by atoms with Crippen molar-refractivity contribution in [2.24, 2.45) is 0 Å². The summed E-state index contributed by atoms with van der Waals surface area (Å²) in [6, 6.07) is 16.2. The molecule has 1 aromatic carbocycles. The maximum absolute atomic E-state index is 4.56. The molecule has 1 aliphatic heterocycles. The van der Waals surface area contributed by atoms with Crippen molar-refractivity contribution in [3.8, 4) is 11.3 Å². The number of piperazine rings is 1. The van der Waals surface area contributed by atoms with Gasteiger partial charge in [-0.1, -0.05) is 30.3 Å². The van der Waals surface area contributed by atoms with Crippen molar-refractivity contribution in [3.05, 3.63) is 67.1 Å². The predicted octanol–water partition coefficient (Wildman–Crippen LogP) is 2.51. The molecule has 27 heavy (non-hydrogen) atoms. The zero-order valence-corrected chi connectivity index (χ0v) is 14.8. The second-order valence-corrected chi connectivity index (χ2v) is 6.53. The quantitative estimate of drug-likeness (QED) is 0.561. The fourth-order valence-corrected chi connectivity index (χ4v) is 3.49. The summed E-state index contributed by atoms with van der Waals surface area (Å²) in [6.45, 7) is 3.55. The van der Waals surface area contributed by atoms with Gasteiger partial charge in [-0.15, -0.1) is 10.2 Å². The molecule has 1 saturated heterocycles. The molecule has 0 saturated carbocycles. The molecule has 0 atom stereocenters. The highest BCUT2D eigenvalue weighted by atomic mass is 15.3. The van der Waals surface area contributed by atoms with Crippen molar-refractivity contribution in [1.29, 1.82) is 0 Å². The van der Waals surface area contributed by atoms with Gasteiger partial charge in [-0.3, -0.25) is 0 Å². The lowest BCUT2D eigenvalue weighted by Gasteiger charge is -2.35. The Kier molecular flexibility index (Phi) is 3.90. The number of fused-ring (bicyclic) bond motifs is 1. The summed E-state index contributed by atoms with van der Waals surface area (Å²) in [5.41, 5.74) is 3.02. The predicted molar refractivity (Wildman–Crippen MR) is 105 cm³/mol. The Hall–Kier alpha value is -3.48. The Labute approximate surface area is 156 Å². The summed E-state index contributed by atoms with van der Waals surface area (Å²) in [6.07, 6.45) is 5.48. The van der Waals surface area contributed by atoms with Crippen molar-refractivity contribution in [1.82, 2.24) is 24.8 Å². The van der Waals surface area contributed by atoms with E-state index in [4.69, 9.17) is 0 Å². The van der Waals surface area contributed by atoms with Gasteiger partial charge in [-0.05, 0) is 18.2 Å². The van der Waals surface area contributed by atoms with Gasteiger partial charge in [0.15, 0.2) is 11.6 Å². The molecule has 0 amide bonds. The van der Waals surface area contributed by atoms with E-state index in [1.165, 1.54) is 0 Å². The molecule has 0 N–H and O–H groups in total. The summed E-state index contributed by atoms with van der Waals surface area (Å²) < 4.78 is 1.86. The molecule has 4 heterocycles. The monoisotopic (exact) mass is 357 g/mol. The van der Waals surface area contributed by atoms with Crippen LogP contribution in [-0.2, 0) is 0 Å². The highest BCUT2D eigenvalue weighted by Gasteiger charge is 2.21. The maximum atomic E-state index is 4.56. The standard InChI is InChI=1S/C20H19N7/c1-2-4-16(5-3-1)17-6-7-19(24-23-17)25-12-14-26(15-13-25)20-18-8-9-22-27(18)11-10-21-20/h1-11H,12-15H2. The molecule has 7 heteroatoms. The van der Waals surface area contributed by atoms with Gasteiger partial charge in [0.1, 0.15) is 5.52 Å². The number of rotatable bonds is 3. The minimum atomic E-state index is 0.885. The molecule has 4 aromatic rings. The van der Waals surface area contributed by atoms with Crippen LogP contribution in [0.1, 0.15) is 0 Å². The lowest BCUT2D eigenvalue weighted by molar-refractivity contribution is 0.638. The number of anilines is 2. The third kappa shape index (κ3) is 2.97. The average molecular weight is 357 g/mol. The van der Waals surface area contributed by atoms with Crippen LogP contribution in [0.3, 0.4) is 0 Å². The third-order valence-electron chi connectivity index (χ3n) is 4.93. The maximum Gasteiger partial charge on any atom is 0.154 e.